The lowest BCUT2D eigenvalue weighted by molar-refractivity contribution is -0.144. The van der Waals surface area contributed by atoms with Crippen LogP contribution in [0.2, 0.25) is 0 Å². The van der Waals surface area contributed by atoms with E-state index in [1.165, 1.54) is 0 Å². The number of ether oxygens (including phenoxy) is 1. The number of carbonyl (C=O) groups is 1. The van der Waals surface area contributed by atoms with Gasteiger partial charge in [-0.05, 0) is 32.2 Å². The molecule has 2 N–H and O–H groups in total. The van der Waals surface area contributed by atoms with Crippen molar-refractivity contribution in [1.82, 2.24) is 4.90 Å². The van der Waals surface area contributed by atoms with E-state index in [1.54, 1.807) is 0 Å². The van der Waals surface area contributed by atoms with Gasteiger partial charge in [0.25, 0.3) is 0 Å². The summed E-state index contributed by atoms with van der Waals surface area (Å²) in [6.45, 7) is 4.80. The predicted octanol–water partition coefficient (Wildman–Crippen LogP) is 0.609. The normalized spacial score (nSPS) is 35.4. The molecule has 0 bridgehead atoms. The molecule has 1 saturated carbocycles. The molecule has 16 heavy (non-hydrogen) atoms. The first-order valence-electron chi connectivity index (χ1n) is 6.32. The molecule has 1 amide bonds. The summed E-state index contributed by atoms with van der Waals surface area (Å²) < 4.78 is 5.36. The van der Waals surface area contributed by atoms with Gasteiger partial charge in [-0.15, -0.1) is 0 Å². The molecule has 3 atom stereocenters. The SMILES string of the molecule is CC1COCCN1C(=O)[C@@H]1CCC[C@@H]1CN. The molecule has 0 aromatic heterocycles. The van der Waals surface area contributed by atoms with Gasteiger partial charge in [-0.3, -0.25) is 4.79 Å². The lowest BCUT2D eigenvalue weighted by Crippen LogP contribution is -2.50. The second kappa shape index (κ2) is 5.15. The van der Waals surface area contributed by atoms with E-state index in [0.29, 0.717) is 31.6 Å². The third kappa shape index (κ3) is 2.23. The Morgan fingerprint density at radius 1 is 1.50 bits per heavy atom. The summed E-state index contributed by atoms with van der Waals surface area (Å²) >= 11 is 0. The second-order valence-corrected chi connectivity index (χ2v) is 4.99. The molecule has 0 radical (unpaired) electrons. The summed E-state index contributed by atoms with van der Waals surface area (Å²) in [7, 11) is 0. The summed E-state index contributed by atoms with van der Waals surface area (Å²) in [6.07, 6.45) is 3.29. The van der Waals surface area contributed by atoms with Crippen LogP contribution in [0.4, 0.5) is 0 Å². The van der Waals surface area contributed by atoms with Crippen LogP contribution >= 0.6 is 0 Å². The van der Waals surface area contributed by atoms with Crippen molar-refractivity contribution in [3.05, 3.63) is 0 Å². The quantitative estimate of drug-likeness (QED) is 0.750. The molecule has 4 nitrogen and oxygen atoms in total. The fourth-order valence-corrected chi connectivity index (χ4v) is 2.91. The van der Waals surface area contributed by atoms with Gasteiger partial charge >= 0.3 is 0 Å². The minimum Gasteiger partial charge on any atom is -0.377 e. The fraction of sp³-hybridized carbons (Fsp3) is 0.917. The van der Waals surface area contributed by atoms with E-state index in [1.807, 2.05) is 4.90 Å². The zero-order valence-corrected chi connectivity index (χ0v) is 10.0. The molecule has 92 valence electrons. The maximum Gasteiger partial charge on any atom is 0.226 e. The second-order valence-electron chi connectivity index (χ2n) is 4.99. The van der Waals surface area contributed by atoms with Crippen LogP contribution in [-0.2, 0) is 9.53 Å². The number of hydrogen-bond acceptors (Lipinski definition) is 3. The van der Waals surface area contributed by atoms with E-state index < -0.39 is 0 Å². The van der Waals surface area contributed by atoms with E-state index in [9.17, 15) is 4.79 Å². The Morgan fingerprint density at radius 2 is 2.31 bits per heavy atom. The molecule has 2 aliphatic rings. The van der Waals surface area contributed by atoms with Gasteiger partial charge in [-0.2, -0.15) is 0 Å². The van der Waals surface area contributed by atoms with Crippen LogP contribution in [0.25, 0.3) is 0 Å². The van der Waals surface area contributed by atoms with Crippen LogP contribution in [0.15, 0.2) is 0 Å². The van der Waals surface area contributed by atoms with Gasteiger partial charge in [0.15, 0.2) is 0 Å². The number of rotatable bonds is 2. The van der Waals surface area contributed by atoms with E-state index in [4.69, 9.17) is 10.5 Å². The summed E-state index contributed by atoms with van der Waals surface area (Å²) in [5.74, 6) is 0.886. The largest absolute Gasteiger partial charge is 0.377 e. The van der Waals surface area contributed by atoms with Crippen molar-refractivity contribution in [1.29, 1.82) is 0 Å². The average Bonchev–Trinajstić information content (AvgIpc) is 2.77. The molecule has 1 aliphatic heterocycles. The first-order valence-corrected chi connectivity index (χ1v) is 6.32. The molecule has 0 aromatic carbocycles. The van der Waals surface area contributed by atoms with Crippen LogP contribution in [0.5, 0.6) is 0 Å². The smallest absolute Gasteiger partial charge is 0.226 e. The molecular formula is C12H22N2O2. The number of carbonyl (C=O) groups excluding carboxylic acids is 1. The lowest BCUT2D eigenvalue weighted by Gasteiger charge is -2.36. The predicted molar refractivity (Wildman–Crippen MR) is 61.9 cm³/mol. The molecule has 1 saturated heterocycles. The highest BCUT2D eigenvalue weighted by Gasteiger charge is 2.36. The fourth-order valence-electron chi connectivity index (χ4n) is 2.91. The summed E-state index contributed by atoms with van der Waals surface area (Å²) in [5.41, 5.74) is 5.73. The third-order valence-corrected chi connectivity index (χ3v) is 3.93. The van der Waals surface area contributed by atoms with E-state index in [2.05, 4.69) is 6.92 Å². The number of nitrogens with zero attached hydrogens (tertiary/aromatic N) is 1. The highest BCUT2D eigenvalue weighted by molar-refractivity contribution is 5.80. The molecule has 1 unspecified atom stereocenters. The van der Waals surface area contributed by atoms with Gasteiger partial charge in [0.2, 0.25) is 5.91 Å². The summed E-state index contributed by atoms with van der Waals surface area (Å²) in [5, 5.41) is 0. The van der Waals surface area contributed by atoms with Gasteiger partial charge in [-0.1, -0.05) is 6.42 Å². The highest BCUT2D eigenvalue weighted by Crippen LogP contribution is 2.33. The van der Waals surface area contributed by atoms with E-state index in [0.717, 1.165) is 25.8 Å². The number of hydrogen-bond donors (Lipinski definition) is 1. The molecule has 2 fully saturated rings. The highest BCUT2D eigenvalue weighted by atomic mass is 16.5. The minimum absolute atomic E-state index is 0.172. The van der Waals surface area contributed by atoms with Crippen LogP contribution in [0, 0.1) is 11.8 Å². The third-order valence-electron chi connectivity index (χ3n) is 3.93. The Bertz CT molecular complexity index is 253. The zero-order chi connectivity index (χ0) is 11.5. The first-order chi connectivity index (χ1) is 7.74. The Morgan fingerprint density at radius 3 is 3.00 bits per heavy atom. The molecule has 1 heterocycles. The average molecular weight is 226 g/mol. The van der Waals surface area contributed by atoms with Crippen LogP contribution in [-0.4, -0.2) is 43.2 Å². The molecule has 0 spiro atoms. The van der Waals surface area contributed by atoms with Gasteiger partial charge in [0, 0.05) is 12.5 Å². The summed E-state index contributed by atoms with van der Waals surface area (Å²) in [4.78, 5) is 14.4. The maximum atomic E-state index is 12.4. The van der Waals surface area contributed by atoms with Crippen molar-refractivity contribution in [3.8, 4) is 0 Å². The lowest BCUT2D eigenvalue weighted by atomic mass is 9.94. The zero-order valence-electron chi connectivity index (χ0n) is 10.0. The molecular weight excluding hydrogens is 204 g/mol. The van der Waals surface area contributed by atoms with Gasteiger partial charge in [0.05, 0.1) is 19.3 Å². The number of nitrogens with two attached hydrogens (primary N) is 1. The van der Waals surface area contributed by atoms with Crippen LogP contribution < -0.4 is 5.73 Å². The standard InChI is InChI=1S/C12H22N2O2/c1-9-8-16-6-5-14(9)12(15)11-4-2-3-10(11)7-13/h9-11H,2-8,13H2,1H3/t9?,10-,11-/m1/s1. The Balaban J connectivity index is 2.00. The van der Waals surface area contributed by atoms with Crippen molar-refractivity contribution < 1.29 is 9.53 Å². The molecule has 4 heteroatoms. The van der Waals surface area contributed by atoms with Crippen LogP contribution in [0.1, 0.15) is 26.2 Å². The Kier molecular flexibility index (Phi) is 3.82. The van der Waals surface area contributed by atoms with Crippen molar-refractivity contribution in [2.45, 2.75) is 32.2 Å². The van der Waals surface area contributed by atoms with Gasteiger partial charge in [0.1, 0.15) is 0 Å². The number of amides is 1. The first kappa shape index (κ1) is 11.9. The topological polar surface area (TPSA) is 55.6 Å². The number of morpholine rings is 1. The molecule has 0 aromatic rings. The molecule has 2 rings (SSSR count). The van der Waals surface area contributed by atoms with Gasteiger partial charge in [-0.25, -0.2) is 0 Å². The minimum atomic E-state index is 0.172. The van der Waals surface area contributed by atoms with Crippen molar-refractivity contribution >= 4 is 5.91 Å². The Labute approximate surface area is 97.1 Å². The summed E-state index contributed by atoms with van der Waals surface area (Å²) in [6, 6.07) is 0.222. The monoisotopic (exact) mass is 226 g/mol. The van der Waals surface area contributed by atoms with Crippen molar-refractivity contribution in [3.63, 3.8) is 0 Å². The molecule has 1 aliphatic carbocycles. The maximum absolute atomic E-state index is 12.4. The van der Waals surface area contributed by atoms with Gasteiger partial charge < -0.3 is 15.4 Å². The van der Waals surface area contributed by atoms with E-state index in [-0.39, 0.29) is 12.0 Å². The van der Waals surface area contributed by atoms with Crippen molar-refractivity contribution in [2.75, 3.05) is 26.3 Å². The van der Waals surface area contributed by atoms with Crippen molar-refractivity contribution in [2.24, 2.45) is 17.6 Å². The Hall–Kier alpha value is -0.610. The van der Waals surface area contributed by atoms with Crippen LogP contribution in [0.3, 0.4) is 0 Å². The van der Waals surface area contributed by atoms with E-state index >= 15 is 0 Å².